The van der Waals surface area contributed by atoms with Gasteiger partial charge in [-0.2, -0.15) is 0 Å². The Morgan fingerprint density at radius 2 is 2.00 bits per heavy atom. The van der Waals surface area contributed by atoms with Crippen molar-refractivity contribution in [2.45, 2.75) is 0 Å². The molecule has 0 bridgehead atoms. The van der Waals surface area contributed by atoms with Crippen LogP contribution in [0.25, 0.3) is 0 Å². The SMILES string of the molecule is Nc1ccc([N+](=O)[O-])cc1C(=O)Nc1ccc(Br)cc1F. The summed E-state index contributed by atoms with van der Waals surface area (Å²) in [5.41, 5.74) is 5.28. The van der Waals surface area contributed by atoms with Crippen LogP contribution < -0.4 is 11.1 Å². The molecule has 0 spiro atoms. The molecule has 0 aliphatic heterocycles. The minimum atomic E-state index is -0.725. The molecule has 0 heterocycles. The van der Waals surface area contributed by atoms with Crippen LogP contribution in [0.5, 0.6) is 0 Å². The molecule has 0 saturated heterocycles. The van der Waals surface area contributed by atoms with Gasteiger partial charge in [-0.1, -0.05) is 15.9 Å². The van der Waals surface area contributed by atoms with Crippen molar-refractivity contribution in [1.82, 2.24) is 0 Å². The molecule has 8 heteroatoms. The summed E-state index contributed by atoms with van der Waals surface area (Å²) >= 11 is 3.10. The molecule has 108 valence electrons. The molecule has 0 radical (unpaired) electrons. The number of carbonyl (C=O) groups is 1. The number of anilines is 2. The van der Waals surface area contributed by atoms with Crippen LogP contribution in [0.15, 0.2) is 40.9 Å². The summed E-state index contributed by atoms with van der Waals surface area (Å²) in [6, 6.07) is 7.59. The minimum Gasteiger partial charge on any atom is -0.398 e. The Bertz CT molecular complexity index is 737. The monoisotopic (exact) mass is 353 g/mol. The summed E-state index contributed by atoms with van der Waals surface area (Å²) in [7, 11) is 0. The Hall–Kier alpha value is -2.48. The van der Waals surface area contributed by atoms with E-state index in [0.717, 1.165) is 6.07 Å². The third-order valence-electron chi connectivity index (χ3n) is 2.67. The topological polar surface area (TPSA) is 98.3 Å². The highest BCUT2D eigenvalue weighted by Gasteiger charge is 2.16. The zero-order chi connectivity index (χ0) is 15.6. The summed E-state index contributed by atoms with van der Waals surface area (Å²) in [6.07, 6.45) is 0. The van der Waals surface area contributed by atoms with Gasteiger partial charge in [-0.25, -0.2) is 4.39 Å². The number of halogens is 2. The van der Waals surface area contributed by atoms with E-state index in [1.165, 1.54) is 24.3 Å². The number of nitro benzene ring substituents is 1. The third-order valence-corrected chi connectivity index (χ3v) is 3.16. The van der Waals surface area contributed by atoms with Gasteiger partial charge in [0, 0.05) is 22.3 Å². The van der Waals surface area contributed by atoms with Gasteiger partial charge in [0.1, 0.15) is 5.82 Å². The van der Waals surface area contributed by atoms with Crippen LogP contribution >= 0.6 is 15.9 Å². The van der Waals surface area contributed by atoms with Crippen molar-refractivity contribution in [3.63, 3.8) is 0 Å². The predicted octanol–water partition coefficient (Wildman–Crippen LogP) is 3.33. The molecule has 0 aliphatic rings. The van der Waals surface area contributed by atoms with Crippen molar-refractivity contribution in [1.29, 1.82) is 0 Å². The average Bonchev–Trinajstić information content (AvgIpc) is 2.42. The molecule has 0 unspecified atom stereocenters. The molecule has 0 saturated carbocycles. The molecule has 0 fully saturated rings. The Labute approximate surface area is 127 Å². The molecule has 6 nitrogen and oxygen atoms in total. The minimum absolute atomic E-state index is 0.0471. The average molecular weight is 354 g/mol. The van der Waals surface area contributed by atoms with E-state index < -0.39 is 16.6 Å². The Morgan fingerprint density at radius 3 is 2.62 bits per heavy atom. The molecule has 1 amide bonds. The van der Waals surface area contributed by atoms with E-state index in [9.17, 15) is 19.3 Å². The van der Waals surface area contributed by atoms with Crippen LogP contribution in [0.4, 0.5) is 21.5 Å². The predicted molar refractivity (Wildman–Crippen MR) is 79.6 cm³/mol. The number of hydrogen-bond donors (Lipinski definition) is 2. The molecule has 2 aromatic rings. The summed E-state index contributed by atoms with van der Waals surface area (Å²) in [6.45, 7) is 0. The van der Waals surface area contributed by atoms with E-state index in [2.05, 4.69) is 21.2 Å². The number of nitrogens with one attached hydrogen (secondary N) is 1. The van der Waals surface area contributed by atoms with Crippen LogP contribution in [0.2, 0.25) is 0 Å². The van der Waals surface area contributed by atoms with Gasteiger partial charge in [-0.15, -0.1) is 0 Å². The lowest BCUT2D eigenvalue weighted by molar-refractivity contribution is -0.384. The van der Waals surface area contributed by atoms with Crippen molar-refractivity contribution >= 4 is 38.9 Å². The van der Waals surface area contributed by atoms with Crippen LogP contribution in [-0.2, 0) is 0 Å². The van der Waals surface area contributed by atoms with Gasteiger partial charge in [0.25, 0.3) is 11.6 Å². The van der Waals surface area contributed by atoms with E-state index in [-0.39, 0.29) is 22.6 Å². The smallest absolute Gasteiger partial charge is 0.270 e. The van der Waals surface area contributed by atoms with Gasteiger partial charge in [-0.05, 0) is 24.3 Å². The van der Waals surface area contributed by atoms with Gasteiger partial charge < -0.3 is 11.1 Å². The normalized spacial score (nSPS) is 10.2. The maximum Gasteiger partial charge on any atom is 0.270 e. The lowest BCUT2D eigenvalue weighted by atomic mass is 10.1. The maximum absolute atomic E-state index is 13.7. The van der Waals surface area contributed by atoms with Crippen molar-refractivity contribution < 1.29 is 14.1 Å². The number of amides is 1. The zero-order valence-electron chi connectivity index (χ0n) is 10.5. The molecular weight excluding hydrogens is 345 g/mol. The lowest BCUT2D eigenvalue weighted by Crippen LogP contribution is -2.15. The number of rotatable bonds is 3. The Morgan fingerprint density at radius 1 is 1.29 bits per heavy atom. The first-order chi connectivity index (χ1) is 9.88. The molecule has 2 aromatic carbocycles. The Kier molecular flexibility index (Phi) is 4.18. The first kappa shape index (κ1) is 14.9. The number of carbonyl (C=O) groups excluding carboxylic acids is 1. The number of nitrogen functional groups attached to an aromatic ring is 1. The van der Waals surface area contributed by atoms with Crippen molar-refractivity contribution in [2.24, 2.45) is 0 Å². The van der Waals surface area contributed by atoms with Gasteiger partial charge in [0.05, 0.1) is 16.2 Å². The number of hydrogen-bond acceptors (Lipinski definition) is 4. The van der Waals surface area contributed by atoms with Crippen molar-refractivity contribution in [3.8, 4) is 0 Å². The molecule has 3 N–H and O–H groups in total. The first-order valence-electron chi connectivity index (χ1n) is 5.69. The van der Waals surface area contributed by atoms with E-state index in [4.69, 9.17) is 5.73 Å². The van der Waals surface area contributed by atoms with Gasteiger partial charge in [0.2, 0.25) is 0 Å². The second kappa shape index (κ2) is 5.88. The van der Waals surface area contributed by atoms with E-state index in [1.54, 1.807) is 6.07 Å². The largest absolute Gasteiger partial charge is 0.398 e. The molecule has 0 atom stereocenters. The maximum atomic E-state index is 13.7. The fraction of sp³-hybridized carbons (Fsp3) is 0. The highest BCUT2D eigenvalue weighted by atomic mass is 79.9. The molecule has 2 rings (SSSR count). The molecule has 0 aliphatic carbocycles. The highest BCUT2D eigenvalue weighted by Crippen LogP contribution is 2.23. The van der Waals surface area contributed by atoms with Gasteiger partial charge in [-0.3, -0.25) is 14.9 Å². The molecular formula is C13H9BrFN3O3. The number of nitro groups is 1. The molecule has 0 aromatic heterocycles. The summed E-state index contributed by atoms with van der Waals surface area (Å²) in [4.78, 5) is 22.1. The van der Waals surface area contributed by atoms with Crippen molar-refractivity contribution in [2.75, 3.05) is 11.1 Å². The van der Waals surface area contributed by atoms with Gasteiger partial charge in [0.15, 0.2) is 0 Å². The summed E-state index contributed by atoms with van der Waals surface area (Å²) in [5.74, 6) is -1.36. The first-order valence-corrected chi connectivity index (χ1v) is 6.48. The number of nitrogens with zero attached hydrogens (tertiary/aromatic N) is 1. The second-order valence-electron chi connectivity index (χ2n) is 4.11. The van der Waals surface area contributed by atoms with E-state index >= 15 is 0 Å². The van der Waals surface area contributed by atoms with Gasteiger partial charge >= 0.3 is 0 Å². The lowest BCUT2D eigenvalue weighted by Gasteiger charge is -2.08. The van der Waals surface area contributed by atoms with Crippen LogP contribution in [0.1, 0.15) is 10.4 Å². The zero-order valence-corrected chi connectivity index (χ0v) is 12.1. The number of nitrogens with two attached hydrogens (primary N) is 1. The van der Waals surface area contributed by atoms with Crippen LogP contribution in [0.3, 0.4) is 0 Å². The van der Waals surface area contributed by atoms with E-state index in [0.29, 0.717) is 4.47 Å². The second-order valence-corrected chi connectivity index (χ2v) is 5.02. The van der Waals surface area contributed by atoms with Crippen molar-refractivity contribution in [3.05, 3.63) is 62.4 Å². The fourth-order valence-electron chi connectivity index (χ4n) is 1.63. The third kappa shape index (κ3) is 3.34. The molecule has 21 heavy (non-hydrogen) atoms. The van der Waals surface area contributed by atoms with Crippen LogP contribution in [0, 0.1) is 15.9 Å². The summed E-state index contributed by atoms with van der Waals surface area (Å²) < 4.78 is 14.2. The standard InChI is InChI=1S/C13H9BrFN3O3/c14-7-1-4-12(10(15)5-7)17-13(19)9-6-8(18(20)21)2-3-11(9)16/h1-6H,16H2,(H,17,19). The number of non-ortho nitro benzene ring substituents is 1. The fourth-order valence-corrected chi connectivity index (χ4v) is 1.97. The quantitative estimate of drug-likeness (QED) is 0.502. The van der Waals surface area contributed by atoms with E-state index in [1.807, 2.05) is 0 Å². The van der Waals surface area contributed by atoms with Crippen LogP contribution in [-0.4, -0.2) is 10.8 Å². The number of benzene rings is 2. The Balaban J connectivity index is 2.32. The highest BCUT2D eigenvalue weighted by molar-refractivity contribution is 9.10. The summed E-state index contributed by atoms with van der Waals surface area (Å²) in [5, 5.41) is 13.0.